The molecular weight excluding hydrogens is 286 g/mol. The zero-order valence-electron chi connectivity index (χ0n) is 13.5. The number of nitrogens with zero attached hydrogens (tertiary/aromatic N) is 4. The molecule has 0 spiro atoms. The third-order valence-corrected chi connectivity index (χ3v) is 3.98. The molecule has 0 bridgehead atoms. The molecule has 0 aliphatic rings. The van der Waals surface area contributed by atoms with Crippen LogP contribution in [0.25, 0.3) is 11.0 Å². The molecule has 0 aliphatic heterocycles. The molecule has 116 valence electrons. The van der Waals surface area contributed by atoms with E-state index in [1.807, 2.05) is 4.57 Å². The van der Waals surface area contributed by atoms with E-state index < -0.39 is 0 Å². The van der Waals surface area contributed by atoms with Crippen molar-refractivity contribution in [3.8, 4) is 6.07 Å². The molecule has 3 rings (SSSR count). The van der Waals surface area contributed by atoms with E-state index in [4.69, 9.17) is 5.73 Å². The number of rotatable bonds is 2. The normalized spacial score (nSPS) is 11.6. The second-order valence-electron chi connectivity index (χ2n) is 6.69. The van der Waals surface area contributed by atoms with Crippen molar-refractivity contribution in [2.24, 2.45) is 0 Å². The van der Waals surface area contributed by atoms with Gasteiger partial charge < -0.3 is 10.3 Å². The van der Waals surface area contributed by atoms with Crippen LogP contribution in [0, 0.1) is 11.3 Å². The Balaban J connectivity index is 2.00. The highest BCUT2D eigenvalue weighted by Crippen LogP contribution is 2.25. The smallest absolute Gasteiger partial charge is 0.147 e. The first-order chi connectivity index (χ1) is 10.9. The number of hydrogen-bond donors (Lipinski definition) is 1. The van der Waals surface area contributed by atoms with Crippen molar-refractivity contribution in [2.75, 3.05) is 5.73 Å². The summed E-state index contributed by atoms with van der Waals surface area (Å²) in [5.74, 6) is 0.341. The van der Waals surface area contributed by atoms with E-state index >= 15 is 0 Å². The van der Waals surface area contributed by atoms with Crippen LogP contribution in [-0.4, -0.2) is 14.5 Å². The summed E-state index contributed by atoms with van der Waals surface area (Å²) in [6, 6.07) is 10.7. The van der Waals surface area contributed by atoms with E-state index in [1.54, 1.807) is 6.20 Å². The van der Waals surface area contributed by atoms with Crippen LogP contribution in [-0.2, 0) is 12.0 Å². The average molecular weight is 305 g/mol. The summed E-state index contributed by atoms with van der Waals surface area (Å²) in [5.41, 5.74) is 9.66. The molecule has 5 nitrogen and oxygen atoms in total. The van der Waals surface area contributed by atoms with Crippen LogP contribution in [0.4, 0.5) is 5.82 Å². The standard InChI is InChI=1S/C18H19N5/c1-18(2,3)14-6-4-12(5-7-14)9-23-10-13(8-19)15-16(20)21-11-22-17(15)23/h4-7,10-11H,9H2,1-3H3,(H2,20,21,22). The fourth-order valence-corrected chi connectivity index (χ4v) is 2.66. The maximum absolute atomic E-state index is 9.29. The Bertz CT molecular complexity index is 892. The molecule has 0 saturated heterocycles. The number of nitriles is 1. The van der Waals surface area contributed by atoms with E-state index in [2.05, 4.69) is 61.1 Å². The third-order valence-electron chi connectivity index (χ3n) is 3.98. The van der Waals surface area contributed by atoms with Crippen molar-refractivity contribution < 1.29 is 0 Å². The maximum Gasteiger partial charge on any atom is 0.147 e. The van der Waals surface area contributed by atoms with E-state index in [9.17, 15) is 5.26 Å². The van der Waals surface area contributed by atoms with Crippen LogP contribution in [0.5, 0.6) is 0 Å². The van der Waals surface area contributed by atoms with Gasteiger partial charge in [0.05, 0.1) is 10.9 Å². The fourth-order valence-electron chi connectivity index (χ4n) is 2.66. The minimum Gasteiger partial charge on any atom is -0.383 e. The zero-order chi connectivity index (χ0) is 16.6. The summed E-state index contributed by atoms with van der Waals surface area (Å²) in [6.45, 7) is 7.22. The lowest BCUT2D eigenvalue weighted by Crippen LogP contribution is -2.11. The average Bonchev–Trinajstić information content (AvgIpc) is 2.86. The number of nitrogens with two attached hydrogens (primary N) is 1. The van der Waals surface area contributed by atoms with E-state index in [0.29, 0.717) is 29.0 Å². The second-order valence-corrected chi connectivity index (χ2v) is 6.69. The Morgan fingerprint density at radius 2 is 1.87 bits per heavy atom. The first-order valence-electron chi connectivity index (χ1n) is 7.49. The third kappa shape index (κ3) is 2.76. The molecule has 1 aromatic carbocycles. The van der Waals surface area contributed by atoms with Gasteiger partial charge in [0, 0.05) is 12.7 Å². The van der Waals surface area contributed by atoms with Gasteiger partial charge in [-0.2, -0.15) is 5.26 Å². The molecule has 0 saturated carbocycles. The lowest BCUT2D eigenvalue weighted by Gasteiger charge is -2.19. The summed E-state index contributed by atoms with van der Waals surface area (Å²) in [5, 5.41) is 9.92. The molecule has 2 aromatic heterocycles. The number of fused-ring (bicyclic) bond motifs is 1. The van der Waals surface area contributed by atoms with E-state index in [1.165, 1.54) is 11.9 Å². The quantitative estimate of drug-likeness (QED) is 0.788. The highest BCUT2D eigenvalue weighted by Gasteiger charge is 2.15. The summed E-state index contributed by atoms with van der Waals surface area (Å²) < 4.78 is 1.94. The van der Waals surface area contributed by atoms with Gasteiger partial charge in [-0.1, -0.05) is 45.0 Å². The highest BCUT2D eigenvalue weighted by molar-refractivity contribution is 5.91. The SMILES string of the molecule is CC(C)(C)c1ccc(Cn2cc(C#N)c3c(N)ncnc32)cc1. The minimum atomic E-state index is 0.133. The van der Waals surface area contributed by atoms with Crippen LogP contribution < -0.4 is 5.73 Å². The van der Waals surface area contributed by atoms with Crippen LogP contribution in [0.3, 0.4) is 0 Å². The molecule has 0 amide bonds. The van der Waals surface area contributed by atoms with Gasteiger partial charge in [-0.15, -0.1) is 0 Å². The summed E-state index contributed by atoms with van der Waals surface area (Å²) in [7, 11) is 0. The number of benzene rings is 1. The molecule has 2 heterocycles. The summed E-state index contributed by atoms with van der Waals surface area (Å²) in [4.78, 5) is 8.26. The highest BCUT2D eigenvalue weighted by atomic mass is 15.1. The second kappa shape index (κ2) is 5.40. The van der Waals surface area contributed by atoms with Crippen molar-refractivity contribution in [3.63, 3.8) is 0 Å². The zero-order valence-corrected chi connectivity index (χ0v) is 13.5. The number of hydrogen-bond acceptors (Lipinski definition) is 4. The molecule has 0 fully saturated rings. The van der Waals surface area contributed by atoms with Crippen molar-refractivity contribution in [1.29, 1.82) is 5.26 Å². The van der Waals surface area contributed by atoms with Gasteiger partial charge in [0.2, 0.25) is 0 Å². The molecular formula is C18H19N5. The Morgan fingerprint density at radius 3 is 2.48 bits per heavy atom. The molecule has 2 N–H and O–H groups in total. The lowest BCUT2D eigenvalue weighted by atomic mass is 9.87. The van der Waals surface area contributed by atoms with Crippen molar-refractivity contribution in [1.82, 2.24) is 14.5 Å². The Labute approximate surface area is 135 Å². The summed E-state index contributed by atoms with van der Waals surface area (Å²) in [6.07, 6.45) is 3.21. The molecule has 0 unspecified atom stereocenters. The van der Waals surface area contributed by atoms with Gasteiger partial charge in [0.1, 0.15) is 23.9 Å². The molecule has 3 aromatic rings. The van der Waals surface area contributed by atoms with Gasteiger partial charge in [0.15, 0.2) is 0 Å². The van der Waals surface area contributed by atoms with Gasteiger partial charge in [0.25, 0.3) is 0 Å². The number of aromatic nitrogens is 3. The Morgan fingerprint density at radius 1 is 1.17 bits per heavy atom. The topological polar surface area (TPSA) is 80.5 Å². The molecule has 0 atom stereocenters. The predicted octanol–water partition coefficient (Wildman–Crippen LogP) is 3.23. The number of nitrogen functional groups attached to an aromatic ring is 1. The van der Waals surface area contributed by atoms with Gasteiger partial charge in [-0.25, -0.2) is 9.97 Å². The monoisotopic (exact) mass is 305 g/mol. The lowest BCUT2D eigenvalue weighted by molar-refractivity contribution is 0.590. The van der Waals surface area contributed by atoms with Crippen LogP contribution >= 0.6 is 0 Å². The van der Waals surface area contributed by atoms with Gasteiger partial charge in [-0.05, 0) is 16.5 Å². The van der Waals surface area contributed by atoms with Crippen molar-refractivity contribution in [3.05, 3.63) is 53.5 Å². The van der Waals surface area contributed by atoms with Gasteiger partial charge >= 0.3 is 0 Å². The molecule has 23 heavy (non-hydrogen) atoms. The first-order valence-corrected chi connectivity index (χ1v) is 7.49. The molecule has 5 heteroatoms. The summed E-state index contributed by atoms with van der Waals surface area (Å²) >= 11 is 0. The minimum absolute atomic E-state index is 0.133. The van der Waals surface area contributed by atoms with E-state index in [0.717, 1.165) is 5.56 Å². The van der Waals surface area contributed by atoms with Crippen LogP contribution in [0.1, 0.15) is 37.5 Å². The van der Waals surface area contributed by atoms with Crippen LogP contribution in [0.2, 0.25) is 0 Å². The maximum atomic E-state index is 9.29. The Kier molecular flexibility index (Phi) is 3.53. The van der Waals surface area contributed by atoms with E-state index in [-0.39, 0.29) is 5.41 Å². The van der Waals surface area contributed by atoms with Gasteiger partial charge in [-0.3, -0.25) is 0 Å². The van der Waals surface area contributed by atoms with Crippen LogP contribution in [0.15, 0.2) is 36.8 Å². The molecule has 0 aliphatic carbocycles. The Hall–Kier alpha value is -2.87. The predicted molar refractivity (Wildman–Crippen MR) is 90.9 cm³/mol. The van der Waals surface area contributed by atoms with Crippen molar-refractivity contribution in [2.45, 2.75) is 32.7 Å². The fraction of sp³-hybridized carbons (Fsp3) is 0.278. The van der Waals surface area contributed by atoms with Crippen molar-refractivity contribution >= 4 is 16.9 Å². The first kappa shape index (κ1) is 15.0. The molecule has 0 radical (unpaired) electrons. The number of anilines is 1. The largest absolute Gasteiger partial charge is 0.383 e.